The average molecular weight is 471 g/mol. The molecule has 0 aromatic carbocycles. The number of pyridine rings is 2. The molecule has 1 aliphatic rings. The van der Waals surface area contributed by atoms with Gasteiger partial charge in [-0.25, -0.2) is 14.7 Å². The molecule has 2 aromatic rings. The predicted octanol–water partition coefficient (Wildman–Crippen LogP) is 2.97. The molecule has 2 aromatic heterocycles. The first kappa shape index (κ1) is 24.5. The van der Waals surface area contributed by atoms with E-state index in [4.69, 9.17) is 10.7 Å². The first-order chi connectivity index (χ1) is 15.2. The van der Waals surface area contributed by atoms with Gasteiger partial charge in [-0.05, 0) is 44.4 Å². The minimum Gasteiger partial charge on any atom is -0.384 e. The van der Waals surface area contributed by atoms with Crippen molar-refractivity contribution < 1.29 is 13.2 Å². The number of rotatable bonds is 4. The SMILES string of the molecule is CC1CN(c2nc(C(C)(C)C)c(C#N)cc2C(=O)NS(=O)(=O)c2cccc(N)n2)C(C)(C)C1. The van der Waals surface area contributed by atoms with Gasteiger partial charge in [0.1, 0.15) is 17.7 Å². The predicted molar refractivity (Wildman–Crippen MR) is 126 cm³/mol. The number of aromatic nitrogens is 2. The van der Waals surface area contributed by atoms with Crippen molar-refractivity contribution in [3.8, 4) is 6.07 Å². The van der Waals surface area contributed by atoms with Crippen LogP contribution in [0.4, 0.5) is 11.6 Å². The second-order valence-electron chi connectivity index (χ2n) is 10.2. The lowest BCUT2D eigenvalue weighted by atomic mass is 9.87. The maximum Gasteiger partial charge on any atom is 0.281 e. The number of sulfonamides is 1. The Morgan fingerprint density at radius 3 is 2.48 bits per heavy atom. The van der Waals surface area contributed by atoms with Crippen molar-refractivity contribution in [1.82, 2.24) is 14.7 Å². The quantitative estimate of drug-likeness (QED) is 0.694. The fraction of sp³-hybridized carbons (Fsp3) is 0.478. The van der Waals surface area contributed by atoms with Crippen LogP contribution in [0.15, 0.2) is 29.3 Å². The molecule has 0 spiro atoms. The Morgan fingerprint density at radius 1 is 1.30 bits per heavy atom. The fourth-order valence-corrected chi connectivity index (χ4v) is 5.24. The number of nitrogen functional groups attached to an aromatic ring is 1. The average Bonchev–Trinajstić information content (AvgIpc) is 2.97. The van der Waals surface area contributed by atoms with Crippen molar-refractivity contribution in [2.75, 3.05) is 17.2 Å². The highest BCUT2D eigenvalue weighted by molar-refractivity contribution is 7.90. The zero-order valence-electron chi connectivity index (χ0n) is 19.8. The molecule has 1 unspecified atom stereocenters. The number of amides is 1. The van der Waals surface area contributed by atoms with E-state index in [2.05, 4.69) is 36.5 Å². The summed E-state index contributed by atoms with van der Waals surface area (Å²) in [5, 5.41) is 9.38. The third-order valence-corrected chi connectivity index (χ3v) is 6.89. The van der Waals surface area contributed by atoms with Gasteiger partial charge in [0, 0.05) is 17.5 Å². The smallest absolute Gasteiger partial charge is 0.281 e. The van der Waals surface area contributed by atoms with Crippen LogP contribution in [-0.4, -0.2) is 36.4 Å². The molecule has 0 radical (unpaired) electrons. The summed E-state index contributed by atoms with van der Waals surface area (Å²) in [5.74, 6) is -0.149. The molecular weight excluding hydrogens is 440 g/mol. The third kappa shape index (κ3) is 4.93. The van der Waals surface area contributed by atoms with Crippen LogP contribution in [0.1, 0.15) is 69.6 Å². The van der Waals surface area contributed by atoms with Gasteiger partial charge in [0.25, 0.3) is 15.9 Å². The Kier molecular flexibility index (Phi) is 6.15. The normalized spacial score (nSPS) is 18.1. The number of hydrogen-bond donors (Lipinski definition) is 2. The molecule has 10 heteroatoms. The number of nitrogens with two attached hydrogens (primary N) is 1. The number of carbonyl (C=O) groups excluding carboxylic acids is 1. The van der Waals surface area contributed by atoms with Crippen LogP contribution in [0.2, 0.25) is 0 Å². The summed E-state index contributed by atoms with van der Waals surface area (Å²) in [7, 11) is -4.29. The van der Waals surface area contributed by atoms with Crippen LogP contribution in [0, 0.1) is 17.2 Å². The van der Waals surface area contributed by atoms with Crippen LogP contribution in [0.25, 0.3) is 0 Å². The molecule has 3 heterocycles. The van der Waals surface area contributed by atoms with Gasteiger partial charge in [-0.2, -0.15) is 13.7 Å². The van der Waals surface area contributed by atoms with Crippen LogP contribution >= 0.6 is 0 Å². The van der Waals surface area contributed by atoms with Gasteiger partial charge in [0.05, 0.1) is 16.8 Å². The molecule has 3 N–H and O–H groups in total. The molecular formula is C23H30N6O3S. The monoisotopic (exact) mass is 470 g/mol. The van der Waals surface area contributed by atoms with E-state index >= 15 is 0 Å². The zero-order chi connectivity index (χ0) is 24.8. The lowest BCUT2D eigenvalue weighted by molar-refractivity contribution is 0.0981. The van der Waals surface area contributed by atoms with E-state index in [0.29, 0.717) is 24.0 Å². The molecule has 0 saturated carbocycles. The van der Waals surface area contributed by atoms with E-state index in [1.807, 2.05) is 25.7 Å². The Bertz CT molecular complexity index is 1240. The topological polar surface area (TPSA) is 142 Å². The van der Waals surface area contributed by atoms with Crippen molar-refractivity contribution in [3.63, 3.8) is 0 Å². The summed E-state index contributed by atoms with van der Waals surface area (Å²) in [6.45, 7) is 12.7. The van der Waals surface area contributed by atoms with Crippen LogP contribution in [0.3, 0.4) is 0 Å². The maximum absolute atomic E-state index is 13.3. The number of nitriles is 1. The van der Waals surface area contributed by atoms with Gasteiger partial charge in [-0.3, -0.25) is 4.79 Å². The van der Waals surface area contributed by atoms with E-state index in [9.17, 15) is 18.5 Å². The second kappa shape index (κ2) is 8.30. The standard InChI is InChI=1S/C23H30N6O3S/c1-14-11-23(5,6)29(13-14)20-16(10-15(12-24)19(27-20)22(2,3)4)21(30)28-33(31,32)18-9-7-8-17(25)26-18/h7-10,14H,11,13H2,1-6H3,(H2,25,26)(H,28,30). The van der Waals surface area contributed by atoms with Crippen LogP contribution in [-0.2, 0) is 15.4 Å². The zero-order valence-corrected chi connectivity index (χ0v) is 20.6. The van der Waals surface area contributed by atoms with Gasteiger partial charge in [0.15, 0.2) is 5.03 Å². The first-order valence-electron chi connectivity index (χ1n) is 10.7. The molecule has 9 nitrogen and oxygen atoms in total. The van der Waals surface area contributed by atoms with E-state index in [0.717, 1.165) is 6.42 Å². The van der Waals surface area contributed by atoms with Crippen LogP contribution in [0.5, 0.6) is 0 Å². The Morgan fingerprint density at radius 2 is 1.97 bits per heavy atom. The van der Waals surface area contributed by atoms with E-state index in [1.165, 1.54) is 24.3 Å². The van der Waals surface area contributed by atoms with Gasteiger partial charge >= 0.3 is 0 Å². The highest BCUT2D eigenvalue weighted by Gasteiger charge is 2.40. The third-order valence-electron chi connectivity index (χ3n) is 5.65. The van der Waals surface area contributed by atoms with E-state index < -0.39 is 21.3 Å². The summed E-state index contributed by atoms with van der Waals surface area (Å²) >= 11 is 0. The highest BCUT2D eigenvalue weighted by Crippen LogP contribution is 2.39. The Balaban J connectivity index is 2.15. The molecule has 176 valence electrons. The minimum absolute atomic E-state index is 0.0155. The maximum atomic E-state index is 13.3. The highest BCUT2D eigenvalue weighted by atomic mass is 32.2. The van der Waals surface area contributed by atoms with Gasteiger partial charge < -0.3 is 10.6 Å². The van der Waals surface area contributed by atoms with Crippen molar-refractivity contribution in [1.29, 1.82) is 5.26 Å². The Labute approximate surface area is 195 Å². The molecule has 0 aliphatic carbocycles. The van der Waals surface area contributed by atoms with Crippen LogP contribution < -0.4 is 15.4 Å². The number of nitrogens with zero attached hydrogens (tertiary/aromatic N) is 4. The first-order valence-corrected chi connectivity index (χ1v) is 12.2. The molecule has 1 fully saturated rings. The van der Waals surface area contributed by atoms with Crippen molar-refractivity contribution in [2.45, 2.75) is 63.9 Å². The largest absolute Gasteiger partial charge is 0.384 e. The van der Waals surface area contributed by atoms with Crippen molar-refractivity contribution >= 4 is 27.6 Å². The van der Waals surface area contributed by atoms with Gasteiger partial charge in [-0.1, -0.05) is 33.8 Å². The molecule has 3 rings (SSSR count). The molecule has 1 amide bonds. The summed E-state index contributed by atoms with van der Waals surface area (Å²) in [5.41, 5.74) is 5.63. The van der Waals surface area contributed by atoms with E-state index in [1.54, 1.807) is 0 Å². The lowest BCUT2D eigenvalue weighted by Crippen LogP contribution is -2.41. The lowest BCUT2D eigenvalue weighted by Gasteiger charge is -2.35. The second-order valence-corrected chi connectivity index (χ2v) is 11.8. The summed E-state index contributed by atoms with van der Waals surface area (Å²) in [4.78, 5) is 23.9. The number of hydrogen-bond acceptors (Lipinski definition) is 8. The van der Waals surface area contributed by atoms with E-state index in [-0.39, 0.29) is 27.5 Å². The molecule has 1 aliphatic heterocycles. The fourth-order valence-electron chi connectivity index (χ4n) is 4.30. The molecule has 0 bridgehead atoms. The molecule has 33 heavy (non-hydrogen) atoms. The van der Waals surface area contributed by atoms with Gasteiger partial charge in [-0.15, -0.1) is 0 Å². The van der Waals surface area contributed by atoms with Crippen molar-refractivity contribution in [2.24, 2.45) is 5.92 Å². The number of carbonyl (C=O) groups is 1. The summed E-state index contributed by atoms with van der Waals surface area (Å²) < 4.78 is 27.7. The number of nitrogens with one attached hydrogen (secondary N) is 1. The minimum atomic E-state index is -4.29. The summed E-state index contributed by atoms with van der Waals surface area (Å²) in [6.07, 6.45) is 0.881. The Hall–Kier alpha value is -3.19. The molecule has 1 saturated heterocycles. The van der Waals surface area contributed by atoms with Gasteiger partial charge in [0.2, 0.25) is 0 Å². The van der Waals surface area contributed by atoms with Crippen molar-refractivity contribution in [3.05, 3.63) is 41.1 Å². The number of anilines is 2. The summed E-state index contributed by atoms with van der Waals surface area (Å²) in [6, 6.07) is 7.67. The molecule has 1 atom stereocenters.